The van der Waals surface area contributed by atoms with E-state index >= 15 is 0 Å². The Hall–Kier alpha value is -2.82. The van der Waals surface area contributed by atoms with Crippen LogP contribution in [0, 0.1) is 23.7 Å². The fraction of sp³-hybridized carbons (Fsp3) is 0.600. The van der Waals surface area contributed by atoms with Crippen molar-refractivity contribution in [2.45, 2.75) is 57.0 Å². The minimum absolute atomic E-state index is 0.0699. The van der Waals surface area contributed by atoms with Crippen LogP contribution in [-0.2, 0) is 25.7 Å². The van der Waals surface area contributed by atoms with Crippen LogP contribution in [0.25, 0.3) is 0 Å². The van der Waals surface area contributed by atoms with Gasteiger partial charge in [-0.15, -0.1) is 0 Å². The van der Waals surface area contributed by atoms with E-state index in [0.29, 0.717) is 25.2 Å². The number of imide groups is 1. The SMILES string of the molecule is O=C(N/N=C1/C[C@@H](O)[C@@H](O)[C@@H]2[C@@H]3C(=O)N(C[C@@H]4CCCO4)C(=O)[C@H]3CC[C@@H]12)OCc1ccccc1. The highest BCUT2D eigenvalue weighted by Gasteiger charge is 2.59. The Labute approximate surface area is 203 Å². The second kappa shape index (κ2) is 10.0. The molecule has 0 spiro atoms. The lowest BCUT2D eigenvalue weighted by Crippen LogP contribution is -2.55. The molecule has 5 rings (SSSR count). The molecule has 2 saturated heterocycles. The lowest BCUT2D eigenvalue weighted by atomic mass is 9.60. The van der Waals surface area contributed by atoms with Crippen molar-refractivity contribution in [2.75, 3.05) is 13.2 Å². The minimum Gasteiger partial charge on any atom is -0.443 e. The number of amides is 3. The van der Waals surface area contributed by atoms with E-state index in [1.165, 1.54) is 4.90 Å². The molecule has 3 N–H and O–H groups in total. The van der Waals surface area contributed by atoms with Gasteiger partial charge in [-0.1, -0.05) is 30.3 Å². The third-order valence-corrected chi connectivity index (χ3v) is 7.78. The molecule has 2 saturated carbocycles. The first-order chi connectivity index (χ1) is 16.9. The number of nitrogens with one attached hydrogen (secondary N) is 1. The van der Waals surface area contributed by atoms with Gasteiger partial charge in [0.05, 0.1) is 36.7 Å². The first kappa shape index (κ1) is 23.9. The number of fused-ring (bicyclic) bond motifs is 3. The maximum Gasteiger partial charge on any atom is 0.428 e. The summed E-state index contributed by atoms with van der Waals surface area (Å²) in [5.41, 5.74) is 3.72. The Balaban J connectivity index is 1.29. The molecule has 2 aliphatic carbocycles. The first-order valence-electron chi connectivity index (χ1n) is 12.3. The summed E-state index contributed by atoms with van der Waals surface area (Å²) >= 11 is 0. The lowest BCUT2D eigenvalue weighted by Gasteiger charge is -2.45. The Kier molecular flexibility index (Phi) is 6.86. The lowest BCUT2D eigenvalue weighted by molar-refractivity contribution is -0.143. The van der Waals surface area contributed by atoms with Crippen LogP contribution in [0.3, 0.4) is 0 Å². The van der Waals surface area contributed by atoms with Crippen LogP contribution in [0.1, 0.15) is 37.7 Å². The van der Waals surface area contributed by atoms with Crippen LogP contribution in [0.15, 0.2) is 35.4 Å². The summed E-state index contributed by atoms with van der Waals surface area (Å²) in [4.78, 5) is 39.9. The van der Waals surface area contributed by atoms with Crippen LogP contribution in [0.2, 0.25) is 0 Å². The molecule has 0 aromatic heterocycles. The molecule has 0 radical (unpaired) electrons. The minimum atomic E-state index is -1.16. The second-order valence-electron chi connectivity index (χ2n) is 9.85. The highest BCUT2D eigenvalue weighted by Crippen LogP contribution is 2.49. The van der Waals surface area contributed by atoms with Gasteiger partial charge in [0.2, 0.25) is 11.8 Å². The third kappa shape index (κ3) is 4.70. The molecule has 7 atom stereocenters. The molecule has 188 valence electrons. The topological polar surface area (TPSA) is 138 Å². The van der Waals surface area contributed by atoms with Crippen LogP contribution in [0.5, 0.6) is 0 Å². The number of ether oxygens (including phenoxy) is 2. The van der Waals surface area contributed by atoms with Gasteiger partial charge in [0.25, 0.3) is 0 Å². The molecule has 0 unspecified atom stereocenters. The maximum absolute atomic E-state index is 13.4. The number of rotatable bonds is 5. The molecule has 0 bridgehead atoms. The molecule has 3 amide bonds. The number of hydrazone groups is 1. The Morgan fingerprint density at radius 3 is 2.63 bits per heavy atom. The summed E-state index contributed by atoms with van der Waals surface area (Å²) in [6, 6.07) is 9.23. The number of carbonyl (C=O) groups is 3. The fourth-order valence-corrected chi connectivity index (χ4v) is 6.11. The van der Waals surface area contributed by atoms with Gasteiger partial charge in [-0.05, 0) is 31.2 Å². The summed E-state index contributed by atoms with van der Waals surface area (Å²) in [6.45, 7) is 0.951. The zero-order chi connectivity index (χ0) is 24.5. The molecule has 35 heavy (non-hydrogen) atoms. The molecular weight excluding hydrogens is 454 g/mol. The van der Waals surface area contributed by atoms with Crippen molar-refractivity contribution >= 4 is 23.6 Å². The number of nitrogens with zero attached hydrogens (tertiary/aromatic N) is 2. The van der Waals surface area contributed by atoms with Crippen molar-refractivity contribution in [1.82, 2.24) is 10.3 Å². The van der Waals surface area contributed by atoms with E-state index in [2.05, 4.69) is 10.5 Å². The van der Waals surface area contributed by atoms with Crippen molar-refractivity contribution in [3.05, 3.63) is 35.9 Å². The maximum atomic E-state index is 13.4. The number of benzene rings is 1. The van der Waals surface area contributed by atoms with Crippen molar-refractivity contribution in [3.8, 4) is 0 Å². The summed E-state index contributed by atoms with van der Waals surface area (Å²) in [5.74, 6) is -2.75. The van der Waals surface area contributed by atoms with Gasteiger partial charge >= 0.3 is 6.09 Å². The van der Waals surface area contributed by atoms with Gasteiger partial charge < -0.3 is 19.7 Å². The summed E-state index contributed by atoms with van der Waals surface area (Å²) < 4.78 is 10.8. The molecule has 1 aromatic rings. The van der Waals surface area contributed by atoms with E-state index in [4.69, 9.17) is 9.47 Å². The van der Waals surface area contributed by atoms with Gasteiger partial charge in [-0.25, -0.2) is 10.2 Å². The zero-order valence-corrected chi connectivity index (χ0v) is 19.4. The molecule has 10 nitrogen and oxygen atoms in total. The first-order valence-corrected chi connectivity index (χ1v) is 12.3. The molecule has 1 aromatic carbocycles. The summed E-state index contributed by atoms with van der Waals surface area (Å²) in [7, 11) is 0. The molecule has 4 aliphatic rings. The molecule has 4 fully saturated rings. The summed E-state index contributed by atoms with van der Waals surface area (Å²) in [5, 5.41) is 25.7. The molecule has 2 heterocycles. The normalized spacial score (nSPS) is 35.7. The van der Waals surface area contributed by atoms with Gasteiger partial charge in [-0.2, -0.15) is 5.10 Å². The number of carbonyl (C=O) groups excluding carboxylic acids is 3. The van der Waals surface area contributed by atoms with Crippen LogP contribution in [-0.4, -0.2) is 70.2 Å². The summed E-state index contributed by atoms with van der Waals surface area (Å²) in [6.07, 6.45) is -0.387. The van der Waals surface area contributed by atoms with Crippen molar-refractivity contribution in [1.29, 1.82) is 0 Å². The van der Waals surface area contributed by atoms with Crippen molar-refractivity contribution in [3.63, 3.8) is 0 Å². The Bertz CT molecular complexity index is 994. The van der Waals surface area contributed by atoms with Crippen LogP contribution >= 0.6 is 0 Å². The van der Waals surface area contributed by atoms with Crippen LogP contribution < -0.4 is 5.43 Å². The predicted octanol–water partition coefficient (Wildman–Crippen LogP) is 1.20. The van der Waals surface area contributed by atoms with Gasteiger partial charge in [0.15, 0.2) is 0 Å². The molecule has 2 aliphatic heterocycles. The largest absolute Gasteiger partial charge is 0.443 e. The van der Waals surface area contributed by atoms with E-state index in [9.17, 15) is 24.6 Å². The van der Waals surface area contributed by atoms with E-state index in [0.717, 1.165) is 18.4 Å². The van der Waals surface area contributed by atoms with Crippen LogP contribution in [0.4, 0.5) is 4.79 Å². The quantitative estimate of drug-likeness (QED) is 0.421. The number of likely N-dealkylation sites (tertiary alicyclic amines) is 1. The third-order valence-electron chi connectivity index (χ3n) is 7.78. The zero-order valence-electron chi connectivity index (χ0n) is 19.4. The Morgan fingerprint density at radius 1 is 1.11 bits per heavy atom. The van der Waals surface area contributed by atoms with Gasteiger partial charge in [0, 0.05) is 30.6 Å². The monoisotopic (exact) mass is 485 g/mol. The highest BCUT2D eigenvalue weighted by molar-refractivity contribution is 6.06. The predicted molar refractivity (Wildman–Crippen MR) is 123 cm³/mol. The van der Waals surface area contributed by atoms with Gasteiger partial charge in [-0.3, -0.25) is 14.5 Å². The standard InChI is InChI=1S/C25H31N3O7/c29-19-11-18(26-27-25(33)35-13-14-5-2-1-3-6-14)16-8-9-17-21(20(16)22(19)30)24(32)28(23(17)31)12-15-7-4-10-34-15/h1-3,5-6,15-17,19-22,29-30H,4,7-13H2,(H,27,33)/b26-18-/t15-,16-,17-,19+,20-,21+,22+/m0/s1. The number of hydrogen-bond acceptors (Lipinski definition) is 8. The Morgan fingerprint density at radius 2 is 1.89 bits per heavy atom. The average molecular weight is 486 g/mol. The van der Waals surface area contributed by atoms with Gasteiger partial charge in [0.1, 0.15) is 6.61 Å². The number of aliphatic hydroxyl groups excluding tert-OH is 2. The molecular formula is C25H31N3O7. The highest BCUT2D eigenvalue weighted by atomic mass is 16.6. The average Bonchev–Trinajstić information content (AvgIpc) is 3.47. The van der Waals surface area contributed by atoms with E-state index in [-0.39, 0.29) is 43.4 Å². The van der Waals surface area contributed by atoms with E-state index in [1.807, 2.05) is 30.3 Å². The van der Waals surface area contributed by atoms with E-state index < -0.39 is 36.1 Å². The number of hydrogen-bond donors (Lipinski definition) is 3. The molecule has 10 heteroatoms. The number of aliphatic hydroxyl groups is 2. The second-order valence-corrected chi connectivity index (χ2v) is 9.85. The fourth-order valence-electron chi connectivity index (χ4n) is 6.11. The van der Waals surface area contributed by atoms with E-state index in [1.54, 1.807) is 0 Å². The smallest absolute Gasteiger partial charge is 0.428 e. The van der Waals surface area contributed by atoms with Crippen molar-refractivity contribution in [2.24, 2.45) is 28.8 Å². The van der Waals surface area contributed by atoms with Crippen molar-refractivity contribution < 1.29 is 34.1 Å².